The number of anilines is 1. The van der Waals surface area contributed by atoms with Crippen molar-refractivity contribution in [3.63, 3.8) is 0 Å². The average Bonchev–Trinajstić information content (AvgIpc) is 3.51. The van der Waals surface area contributed by atoms with Gasteiger partial charge in [0.05, 0.1) is 11.8 Å². The molecule has 2 aliphatic rings. The second-order valence-electron chi connectivity index (χ2n) is 9.13. The van der Waals surface area contributed by atoms with Gasteiger partial charge in [0.15, 0.2) is 5.17 Å². The number of benzene rings is 3. The van der Waals surface area contributed by atoms with Crippen LogP contribution < -0.4 is 5.32 Å². The van der Waals surface area contributed by atoms with Crippen molar-refractivity contribution in [1.29, 1.82) is 0 Å². The number of aryl methyl sites for hydroxylation is 2. The van der Waals surface area contributed by atoms with Crippen LogP contribution in [0.2, 0.25) is 5.02 Å². The van der Waals surface area contributed by atoms with Crippen molar-refractivity contribution in [3.8, 4) is 0 Å². The van der Waals surface area contributed by atoms with E-state index in [-0.39, 0.29) is 24.3 Å². The topological polar surface area (TPSA) is 74.1 Å². The van der Waals surface area contributed by atoms with Crippen molar-refractivity contribution >= 4 is 51.7 Å². The van der Waals surface area contributed by atoms with E-state index in [9.17, 15) is 9.59 Å². The maximum Gasteiger partial charge on any atom is 0.262 e. The Morgan fingerprint density at radius 2 is 1.86 bits per heavy atom. The monoisotopic (exact) mass is 530 g/mol. The number of aliphatic imine (C=N–C) groups is 1. The fourth-order valence-corrected chi connectivity index (χ4v) is 5.62. The van der Waals surface area contributed by atoms with Gasteiger partial charge in [-0.05, 0) is 47.7 Å². The van der Waals surface area contributed by atoms with Crippen molar-refractivity contribution in [2.45, 2.75) is 44.4 Å². The van der Waals surface area contributed by atoms with Crippen LogP contribution in [0.3, 0.4) is 0 Å². The van der Waals surface area contributed by atoms with Crippen LogP contribution in [-0.2, 0) is 16.0 Å². The van der Waals surface area contributed by atoms with Crippen molar-refractivity contribution in [3.05, 3.63) is 100 Å². The molecule has 0 saturated carbocycles. The number of rotatable bonds is 6. The second-order valence-corrected chi connectivity index (χ2v) is 10.7. The van der Waals surface area contributed by atoms with E-state index in [2.05, 4.69) is 41.5 Å². The van der Waals surface area contributed by atoms with E-state index in [4.69, 9.17) is 16.7 Å². The predicted molar refractivity (Wildman–Crippen MR) is 151 cm³/mol. The van der Waals surface area contributed by atoms with Gasteiger partial charge in [-0.3, -0.25) is 9.59 Å². The molecule has 8 heteroatoms. The molecule has 0 saturated heterocycles. The number of nitrogens with zero attached hydrogens (tertiary/aromatic N) is 3. The first-order valence-corrected chi connectivity index (χ1v) is 13.5. The number of nitrogens with one attached hydrogen (secondary N) is 1. The molecule has 188 valence electrons. The van der Waals surface area contributed by atoms with E-state index in [1.54, 1.807) is 12.1 Å². The van der Waals surface area contributed by atoms with Crippen molar-refractivity contribution in [2.75, 3.05) is 5.32 Å². The lowest BCUT2D eigenvalue weighted by Crippen LogP contribution is -2.25. The number of hydrogen-bond acceptors (Lipinski definition) is 5. The van der Waals surface area contributed by atoms with Crippen molar-refractivity contribution < 1.29 is 9.59 Å². The first-order valence-electron chi connectivity index (χ1n) is 12.3. The van der Waals surface area contributed by atoms with Crippen molar-refractivity contribution in [2.24, 2.45) is 10.1 Å². The number of hydrogen-bond donors (Lipinski definition) is 1. The van der Waals surface area contributed by atoms with E-state index in [1.807, 2.05) is 48.3 Å². The minimum Gasteiger partial charge on any atom is -0.326 e. The Kier molecular flexibility index (Phi) is 7.44. The predicted octanol–water partition coefficient (Wildman–Crippen LogP) is 6.39. The molecular weight excluding hydrogens is 504 g/mol. The third-order valence-corrected chi connectivity index (χ3v) is 8.09. The summed E-state index contributed by atoms with van der Waals surface area (Å²) in [5.41, 5.74) is 5.89. The zero-order valence-electron chi connectivity index (χ0n) is 20.6. The van der Waals surface area contributed by atoms with Crippen LogP contribution in [0.1, 0.15) is 48.1 Å². The summed E-state index contributed by atoms with van der Waals surface area (Å²) in [6.07, 6.45) is 1.68. The van der Waals surface area contributed by atoms with Gasteiger partial charge in [0.1, 0.15) is 5.25 Å². The first-order chi connectivity index (χ1) is 17.9. The molecule has 3 aromatic rings. The molecule has 5 rings (SSSR count). The molecule has 2 heterocycles. The Bertz CT molecular complexity index is 1390. The molecule has 2 aliphatic heterocycles. The van der Waals surface area contributed by atoms with E-state index < -0.39 is 5.25 Å². The van der Waals surface area contributed by atoms with Crippen LogP contribution in [0, 0.1) is 6.92 Å². The Morgan fingerprint density at radius 1 is 1.11 bits per heavy atom. The number of thioether (sulfide) groups is 1. The zero-order valence-corrected chi connectivity index (χ0v) is 22.2. The summed E-state index contributed by atoms with van der Waals surface area (Å²) < 4.78 is 0. The lowest BCUT2D eigenvalue weighted by atomic mass is 9.97. The summed E-state index contributed by atoms with van der Waals surface area (Å²) in [4.78, 5) is 29.9. The Morgan fingerprint density at radius 3 is 2.57 bits per heavy atom. The third-order valence-electron chi connectivity index (χ3n) is 6.54. The van der Waals surface area contributed by atoms with Crippen LogP contribution in [-0.4, -0.2) is 33.0 Å². The molecule has 0 fully saturated rings. The van der Waals surface area contributed by atoms with Gasteiger partial charge in [0.2, 0.25) is 5.91 Å². The SMILES string of the molecule is CCc1ccc(C2CC(c3ccccc3)=NN2C2=NC(=O)C(CC(=O)Nc3ccc(C)c(Cl)c3)S2)cc1. The minimum absolute atomic E-state index is 0.0148. The second kappa shape index (κ2) is 10.9. The van der Waals surface area contributed by atoms with Gasteiger partial charge in [0.25, 0.3) is 5.91 Å². The Hall–Kier alpha value is -3.42. The highest BCUT2D eigenvalue weighted by Gasteiger charge is 2.39. The van der Waals surface area contributed by atoms with E-state index in [0.29, 0.717) is 22.3 Å². The minimum atomic E-state index is -0.602. The van der Waals surface area contributed by atoms with Crippen molar-refractivity contribution in [1.82, 2.24) is 5.01 Å². The van der Waals surface area contributed by atoms with Gasteiger partial charge in [-0.1, -0.05) is 91.0 Å². The van der Waals surface area contributed by atoms with E-state index in [1.165, 1.54) is 17.3 Å². The van der Waals surface area contributed by atoms with Crippen LogP contribution in [0.15, 0.2) is 82.9 Å². The van der Waals surface area contributed by atoms with Crippen LogP contribution in [0.5, 0.6) is 0 Å². The molecule has 0 aliphatic carbocycles. The number of carbonyl (C=O) groups excluding carboxylic acids is 2. The van der Waals surface area contributed by atoms with Crippen LogP contribution in [0.25, 0.3) is 0 Å². The number of halogens is 1. The van der Waals surface area contributed by atoms with Gasteiger partial charge in [-0.25, -0.2) is 5.01 Å². The highest BCUT2D eigenvalue weighted by Crippen LogP contribution is 2.38. The number of amidine groups is 1. The highest BCUT2D eigenvalue weighted by atomic mass is 35.5. The smallest absolute Gasteiger partial charge is 0.262 e. The molecule has 0 bridgehead atoms. The summed E-state index contributed by atoms with van der Waals surface area (Å²) in [7, 11) is 0. The lowest BCUT2D eigenvalue weighted by Gasteiger charge is -2.23. The zero-order chi connectivity index (χ0) is 25.9. The molecule has 2 unspecified atom stereocenters. The molecule has 0 radical (unpaired) electrons. The van der Waals surface area contributed by atoms with Crippen LogP contribution in [0.4, 0.5) is 5.69 Å². The molecule has 2 atom stereocenters. The normalized spacial score (nSPS) is 19.1. The summed E-state index contributed by atoms with van der Waals surface area (Å²) in [5.74, 6) is -0.579. The number of amides is 2. The lowest BCUT2D eigenvalue weighted by molar-refractivity contribution is -0.121. The van der Waals surface area contributed by atoms with Gasteiger partial charge >= 0.3 is 0 Å². The third kappa shape index (κ3) is 5.63. The average molecular weight is 531 g/mol. The summed E-state index contributed by atoms with van der Waals surface area (Å²) in [5, 5.41) is 10.1. The van der Waals surface area contributed by atoms with Gasteiger partial charge in [-0.15, -0.1) is 0 Å². The molecule has 0 spiro atoms. The van der Waals surface area contributed by atoms with Crippen LogP contribution >= 0.6 is 23.4 Å². The fraction of sp³-hybridized carbons (Fsp3) is 0.241. The molecule has 0 aromatic heterocycles. The molecule has 1 N–H and O–H groups in total. The summed E-state index contributed by atoms with van der Waals surface area (Å²) >= 11 is 7.47. The maximum atomic E-state index is 12.8. The molecule has 3 aromatic carbocycles. The van der Waals surface area contributed by atoms with Gasteiger partial charge in [-0.2, -0.15) is 10.1 Å². The Labute approximate surface area is 225 Å². The quantitative estimate of drug-likeness (QED) is 0.401. The number of carbonyl (C=O) groups is 2. The number of hydrazone groups is 1. The molecule has 2 amide bonds. The first kappa shape index (κ1) is 25.2. The van der Waals surface area contributed by atoms with Gasteiger partial charge < -0.3 is 5.32 Å². The highest BCUT2D eigenvalue weighted by molar-refractivity contribution is 8.15. The maximum absolute atomic E-state index is 12.8. The largest absolute Gasteiger partial charge is 0.326 e. The summed E-state index contributed by atoms with van der Waals surface area (Å²) in [6.45, 7) is 4.03. The summed E-state index contributed by atoms with van der Waals surface area (Å²) in [6, 6.07) is 23.8. The van der Waals surface area contributed by atoms with E-state index in [0.717, 1.165) is 28.8 Å². The molecule has 6 nitrogen and oxygen atoms in total. The Balaban J connectivity index is 1.34. The fourth-order valence-electron chi connectivity index (χ4n) is 4.38. The molecule has 37 heavy (non-hydrogen) atoms. The van der Waals surface area contributed by atoms with Gasteiger partial charge in [0, 0.05) is 23.6 Å². The molecular formula is C29H27ClN4O2S. The van der Waals surface area contributed by atoms with E-state index >= 15 is 0 Å². The standard InChI is InChI=1S/C29H27ClN4O2S/c1-3-19-10-12-21(13-11-19)25-16-24(20-7-5-4-6-8-20)33-34(25)29-32-28(36)26(37-29)17-27(35)31-22-14-9-18(2)23(30)15-22/h4-15,25-26H,3,16-17H2,1-2H3,(H,31,35).